The Morgan fingerprint density at radius 2 is 2.12 bits per heavy atom. The van der Waals surface area contributed by atoms with Gasteiger partial charge in [-0.3, -0.25) is 19.4 Å². The van der Waals surface area contributed by atoms with Gasteiger partial charge in [0.05, 0.1) is 5.69 Å². The van der Waals surface area contributed by atoms with E-state index in [2.05, 4.69) is 15.6 Å². The standard InChI is InChI=1S/C17H16N4O4/c1-21-13-7-12(4-5-14(13)25-10-15(21)22)20-17(24)16(23)19-9-11-3-2-6-18-8-11/h2-8H,9-10H2,1H3,(H,19,23)(H,20,24). The van der Waals surface area contributed by atoms with Gasteiger partial charge < -0.3 is 20.3 Å². The second kappa shape index (κ2) is 7.00. The Morgan fingerprint density at radius 1 is 1.28 bits per heavy atom. The number of carbonyl (C=O) groups is 3. The molecule has 0 unspecified atom stereocenters. The molecule has 25 heavy (non-hydrogen) atoms. The molecular formula is C17H16N4O4. The van der Waals surface area contributed by atoms with Crippen molar-refractivity contribution in [3.05, 3.63) is 48.3 Å². The smallest absolute Gasteiger partial charge is 0.313 e. The summed E-state index contributed by atoms with van der Waals surface area (Å²) in [5.74, 6) is -1.21. The predicted octanol–water partition coefficient (Wildman–Crippen LogP) is 0.692. The van der Waals surface area contributed by atoms with Crippen LogP contribution < -0.4 is 20.3 Å². The number of nitrogens with zero attached hydrogens (tertiary/aromatic N) is 2. The summed E-state index contributed by atoms with van der Waals surface area (Å²) in [7, 11) is 1.62. The van der Waals surface area contributed by atoms with Crippen LogP contribution in [-0.2, 0) is 20.9 Å². The van der Waals surface area contributed by atoms with Crippen molar-refractivity contribution in [2.45, 2.75) is 6.54 Å². The molecule has 0 bridgehead atoms. The molecule has 1 aromatic heterocycles. The fourth-order valence-corrected chi connectivity index (χ4v) is 2.30. The Balaban J connectivity index is 1.63. The highest BCUT2D eigenvalue weighted by Gasteiger charge is 2.23. The van der Waals surface area contributed by atoms with Crippen LogP contribution in [0.2, 0.25) is 0 Å². The lowest BCUT2D eigenvalue weighted by Crippen LogP contribution is -2.36. The number of fused-ring (bicyclic) bond motifs is 1. The first kappa shape index (κ1) is 16.4. The number of ether oxygens (including phenoxy) is 1. The van der Waals surface area contributed by atoms with E-state index in [1.165, 1.54) is 4.90 Å². The van der Waals surface area contributed by atoms with Crippen LogP contribution in [0.1, 0.15) is 5.56 Å². The van der Waals surface area contributed by atoms with Crippen molar-refractivity contribution >= 4 is 29.1 Å². The van der Waals surface area contributed by atoms with Gasteiger partial charge in [-0.1, -0.05) is 6.07 Å². The molecule has 2 aromatic rings. The average Bonchev–Trinajstić information content (AvgIpc) is 2.64. The van der Waals surface area contributed by atoms with Gasteiger partial charge in [0, 0.05) is 31.7 Å². The number of likely N-dealkylation sites (N-methyl/N-ethyl adjacent to an activating group) is 1. The van der Waals surface area contributed by atoms with Gasteiger partial charge in [-0.25, -0.2) is 0 Å². The predicted molar refractivity (Wildman–Crippen MR) is 90.1 cm³/mol. The summed E-state index contributed by atoms with van der Waals surface area (Å²) in [4.78, 5) is 40.9. The summed E-state index contributed by atoms with van der Waals surface area (Å²) in [6, 6.07) is 8.37. The fourth-order valence-electron chi connectivity index (χ4n) is 2.30. The highest BCUT2D eigenvalue weighted by Crippen LogP contribution is 2.33. The van der Waals surface area contributed by atoms with Crippen molar-refractivity contribution in [2.75, 3.05) is 23.9 Å². The lowest BCUT2D eigenvalue weighted by molar-refractivity contribution is -0.136. The van der Waals surface area contributed by atoms with Gasteiger partial charge in [-0.15, -0.1) is 0 Å². The first-order valence-corrected chi connectivity index (χ1v) is 7.56. The van der Waals surface area contributed by atoms with Crippen molar-refractivity contribution < 1.29 is 19.1 Å². The minimum Gasteiger partial charge on any atom is -0.482 e. The Bertz CT molecular complexity index is 823. The molecule has 1 aromatic carbocycles. The average molecular weight is 340 g/mol. The van der Waals surface area contributed by atoms with E-state index in [0.29, 0.717) is 17.1 Å². The van der Waals surface area contributed by atoms with Crippen molar-refractivity contribution in [2.24, 2.45) is 0 Å². The number of nitrogens with one attached hydrogen (secondary N) is 2. The normalized spacial score (nSPS) is 12.8. The number of hydrogen-bond donors (Lipinski definition) is 2. The zero-order valence-corrected chi connectivity index (χ0v) is 13.5. The number of carbonyl (C=O) groups excluding carboxylic acids is 3. The molecule has 0 radical (unpaired) electrons. The summed E-state index contributed by atoms with van der Waals surface area (Å²) in [6.07, 6.45) is 3.23. The molecule has 1 aliphatic rings. The topological polar surface area (TPSA) is 101 Å². The van der Waals surface area contributed by atoms with Crippen molar-refractivity contribution in [3.8, 4) is 5.75 Å². The molecule has 0 saturated heterocycles. The highest BCUT2D eigenvalue weighted by atomic mass is 16.5. The molecule has 3 amide bonds. The van der Waals surface area contributed by atoms with E-state index in [-0.39, 0.29) is 19.1 Å². The number of anilines is 2. The van der Waals surface area contributed by atoms with E-state index in [4.69, 9.17) is 4.74 Å². The molecule has 2 heterocycles. The van der Waals surface area contributed by atoms with Crippen LogP contribution in [0.3, 0.4) is 0 Å². The quantitative estimate of drug-likeness (QED) is 0.801. The lowest BCUT2D eigenvalue weighted by Gasteiger charge is -2.26. The van der Waals surface area contributed by atoms with Crippen molar-refractivity contribution in [1.29, 1.82) is 0 Å². The largest absolute Gasteiger partial charge is 0.482 e. The molecule has 8 heteroatoms. The van der Waals surface area contributed by atoms with Gasteiger partial charge in [0.15, 0.2) is 6.61 Å². The van der Waals surface area contributed by atoms with Crippen molar-refractivity contribution in [3.63, 3.8) is 0 Å². The van der Waals surface area contributed by atoms with E-state index >= 15 is 0 Å². The minimum absolute atomic E-state index is 0.0219. The minimum atomic E-state index is -0.797. The molecule has 0 saturated carbocycles. The van der Waals surface area contributed by atoms with Crippen molar-refractivity contribution in [1.82, 2.24) is 10.3 Å². The Kier molecular flexibility index (Phi) is 4.60. The van der Waals surface area contributed by atoms with Crippen LogP contribution in [0.5, 0.6) is 5.75 Å². The van der Waals surface area contributed by atoms with Crippen LogP contribution in [0.15, 0.2) is 42.7 Å². The van der Waals surface area contributed by atoms with Gasteiger partial charge in [-0.2, -0.15) is 0 Å². The van der Waals surface area contributed by atoms with Gasteiger partial charge in [-0.05, 0) is 29.8 Å². The first-order chi connectivity index (χ1) is 12.0. The van der Waals surface area contributed by atoms with Gasteiger partial charge in [0.25, 0.3) is 5.91 Å². The van der Waals surface area contributed by atoms with E-state index in [1.54, 1.807) is 49.8 Å². The highest BCUT2D eigenvalue weighted by molar-refractivity contribution is 6.39. The second-order valence-electron chi connectivity index (χ2n) is 5.42. The Labute approximate surface area is 143 Å². The number of benzene rings is 1. The second-order valence-corrected chi connectivity index (χ2v) is 5.42. The maximum Gasteiger partial charge on any atom is 0.313 e. The van der Waals surface area contributed by atoms with Crippen LogP contribution in [-0.4, -0.2) is 36.4 Å². The molecule has 3 rings (SSSR count). The monoisotopic (exact) mass is 340 g/mol. The van der Waals surface area contributed by atoms with E-state index in [0.717, 1.165) is 5.56 Å². The third-order valence-electron chi connectivity index (χ3n) is 3.69. The maximum absolute atomic E-state index is 12.0. The van der Waals surface area contributed by atoms with Crippen LogP contribution in [0.25, 0.3) is 0 Å². The zero-order chi connectivity index (χ0) is 17.8. The molecule has 128 valence electrons. The van der Waals surface area contributed by atoms with Crippen LogP contribution in [0, 0.1) is 0 Å². The number of aromatic nitrogens is 1. The summed E-state index contributed by atoms with van der Waals surface area (Å²) >= 11 is 0. The molecule has 0 fully saturated rings. The summed E-state index contributed by atoms with van der Waals surface area (Å²) in [6.45, 7) is 0.182. The first-order valence-electron chi connectivity index (χ1n) is 7.56. The molecule has 2 N–H and O–H groups in total. The third kappa shape index (κ3) is 3.74. The summed E-state index contributed by atoms with van der Waals surface area (Å²) < 4.78 is 5.31. The fraction of sp³-hybridized carbons (Fsp3) is 0.176. The van der Waals surface area contributed by atoms with Gasteiger partial charge in [0.2, 0.25) is 0 Å². The molecule has 0 aliphatic carbocycles. The number of amides is 3. The number of pyridine rings is 1. The molecule has 1 aliphatic heterocycles. The van der Waals surface area contributed by atoms with E-state index in [9.17, 15) is 14.4 Å². The summed E-state index contributed by atoms with van der Waals surface area (Å²) in [5.41, 5.74) is 1.71. The Morgan fingerprint density at radius 3 is 2.88 bits per heavy atom. The SMILES string of the molecule is CN1C(=O)COc2ccc(NC(=O)C(=O)NCc3cccnc3)cc21. The molecule has 0 atom stereocenters. The molecule has 8 nitrogen and oxygen atoms in total. The third-order valence-corrected chi connectivity index (χ3v) is 3.69. The molecule has 0 spiro atoms. The van der Waals surface area contributed by atoms with Crippen LogP contribution >= 0.6 is 0 Å². The number of rotatable bonds is 3. The summed E-state index contributed by atoms with van der Waals surface area (Å²) in [5, 5.41) is 5.02. The lowest BCUT2D eigenvalue weighted by atomic mass is 10.2. The van der Waals surface area contributed by atoms with Crippen LogP contribution in [0.4, 0.5) is 11.4 Å². The Hall–Kier alpha value is -3.42. The maximum atomic E-state index is 12.0. The zero-order valence-electron chi connectivity index (χ0n) is 13.5. The van der Waals surface area contributed by atoms with Gasteiger partial charge in [0.1, 0.15) is 5.75 Å². The number of hydrogen-bond acceptors (Lipinski definition) is 5. The molecular weight excluding hydrogens is 324 g/mol. The van der Waals surface area contributed by atoms with Gasteiger partial charge >= 0.3 is 11.8 Å². The van der Waals surface area contributed by atoms with E-state index in [1.807, 2.05) is 0 Å². The van der Waals surface area contributed by atoms with E-state index < -0.39 is 11.8 Å².